The van der Waals surface area contributed by atoms with Gasteiger partial charge in [-0.2, -0.15) is 0 Å². The monoisotopic (exact) mass is 741 g/mol. The maximum absolute atomic E-state index is 5.39. The van der Waals surface area contributed by atoms with E-state index in [0.717, 1.165) is 39.1 Å². The summed E-state index contributed by atoms with van der Waals surface area (Å²) in [6.07, 6.45) is 13.0. The van der Waals surface area contributed by atoms with Crippen LogP contribution >= 0.6 is 0 Å². The van der Waals surface area contributed by atoms with Gasteiger partial charge in [0.2, 0.25) is 0 Å². The van der Waals surface area contributed by atoms with E-state index in [2.05, 4.69) is 184 Å². The number of para-hydroxylation sites is 1. The Morgan fingerprint density at radius 1 is 0.534 bits per heavy atom. The summed E-state index contributed by atoms with van der Waals surface area (Å²) in [5.41, 5.74) is 19.7. The summed E-state index contributed by atoms with van der Waals surface area (Å²) in [7, 11) is 0. The van der Waals surface area contributed by atoms with Crippen LogP contribution in [0.25, 0.3) is 77.6 Å². The van der Waals surface area contributed by atoms with E-state index >= 15 is 0 Å². The highest BCUT2D eigenvalue weighted by Crippen LogP contribution is 2.64. The molecule has 2 atom stereocenters. The van der Waals surface area contributed by atoms with Gasteiger partial charge in [0.1, 0.15) is 16.7 Å². The van der Waals surface area contributed by atoms with Crippen LogP contribution in [0.3, 0.4) is 0 Å². The summed E-state index contributed by atoms with van der Waals surface area (Å²) < 4.78 is 4.68. The summed E-state index contributed by atoms with van der Waals surface area (Å²) in [4.78, 5) is 14.7. The highest BCUT2D eigenvalue weighted by Gasteiger charge is 2.53. The number of aromatic nitrogens is 5. The summed E-state index contributed by atoms with van der Waals surface area (Å²) >= 11 is 0. The van der Waals surface area contributed by atoms with Gasteiger partial charge in [-0.25, -0.2) is 4.98 Å². The highest BCUT2D eigenvalue weighted by molar-refractivity contribution is 6.15. The predicted octanol–water partition coefficient (Wildman–Crippen LogP) is 12.3. The first-order valence-corrected chi connectivity index (χ1v) is 20.1. The largest absolute Gasteiger partial charge is 0.306 e. The summed E-state index contributed by atoms with van der Waals surface area (Å²) in [6.45, 7) is 2.34. The van der Waals surface area contributed by atoms with Crippen LogP contribution < -0.4 is 0 Å². The van der Waals surface area contributed by atoms with Gasteiger partial charge in [0, 0.05) is 52.2 Å². The lowest BCUT2D eigenvalue weighted by atomic mass is 9.70. The number of nitrogens with zero attached hydrogens (tertiary/aromatic N) is 5. The average Bonchev–Trinajstić information content (AvgIpc) is 3.99. The molecule has 5 nitrogen and oxygen atoms in total. The van der Waals surface area contributed by atoms with Crippen LogP contribution in [0, 0.1) is 5.92 Å². The molecule has 5 aromatic heterocycles. The molecular weight excluding hydrogens is 707 g/mol. The molecule has 0 aliphatic heterocycles. The van der Waals surface area contributed by atoms with E-state index in [1.807, 2.05) is 24.5 Å². The molecule has 5 heteroatoms. The van der Waals surface area contributed by atoms with Crippen molar-refractivity contribution in [2.45, 2.75) is 18.3 Å². The minimum Gasteiger partial charge on any atom is -0.306 e. The maximum atomic E-state index is 5.39. The van der Waals surface area contributed by atoms with Crippen molar-refractivity contribution in [2.75, 3.05) is 0 Å². The second-order valence-corrected chi connectivity index (χ2v) is 16.0. The molecule has 0 fully saturated rings. The van der Waals surface area contributed by atoms with Crippen LogP contribution in [0.2, 0.25) is 0 Å². The van der Waals surface area contributed by atoms with Gasteiger partial charge >= 0.3 is 0 Å². The zero-order chi connectivity index (χ0) is 38.1. The third kappa shape index (κ3) is 3.97. The van der Waals surface area contributed by atoms with E-state index < -0.39 is 5.41 Å². The molecule has 3 aliphatic rings. The first kappa shape index (κ1) is 31.8. The molecule has 0 amide bonds. The van der Waals surface area contributed by atoms with Gasteiger partial charge in [-0.3, -0.25) is 14.5 Å². The average molecular weight is 742 g/mol. The molecule has 58 heavy (non-hydrogen) atoms. The van der Waals surface area contributed by atoms with Gasteiger partial charge in [0.05, 0.1) is 22.0 Å². The van der Waals surface area contributed by atoms with E-state index in [0.29, 0.717) is 0 Å². The van der Waals surface area contributed by atoms with Gasteiger partial charge in [-0.05, 0) is 99.0 Å². The molecule has 2 unspecified atom stereocenters. The molecule has 0 N–H and O–H groups in total. The van der Waals surface area contributed by atoms with Crippen molar-refractivity contribution < 1.29 is 0 Å². The number of allylic oxidation sites excluding steroid dienone is 4. The Morgan fingerprint density at radius 3 is 1.74 bits per heavy atom. The quantitative estimate of drug-likeness (QED) is 0.181. The number of fused-ring (bicyclic) bond motifs is 17. The zero-order valence-corrected chi connectivity index (χ0v) is 31.7. The Labute approximate surface area is 334 Å². The lowest BCUT2D eigenvalue weighted by Crippen LogP contribution is -2.26. The number of hydrogen-bond acceptors (Lipinski definition) is 3. The van der Waals surface area contributed by atoms with Gasteiger partial charge in [-0.15, -0.1) is 0 Å². The molecule has 0 radical (unpaired) electrons. The molecule has 0 saturated heterocycles. The molecule has 13 rings (SSSR count). The third-order valence-corrected chi connectivity index (χ3v) is 13.2. The zero-order valence-electron chi connectivity index (χ0n) is 31.7. The predicted molar refractivity (Wildman–Crippen MR) is 235 cm³/mol. The minimum atomic E-state index is -0.456. The molecular formula is C53H35N5. The van der Waals surface area contributed by atoms with Crippen molar-refractivity contribution in [3.05, 3.63) is 210 Å². The van der Waals surface area contributed by atoms with Crippen molar-refractivity contribution in [2.24, 2.45) is 5.92 Å². The fourth-order valence-electron chi connectivity index (χ4n) is 10.9. The van der Waals surface area contributed by atoms with Crippen molar-refractivity contribution in [3.63, 3.8) is 0 Å². The first-order chi connectivity index (χ1) is 28.7. The van der Waals surface area contributed by atoms with Crippen molar-refractivity contribution >= 4 is 49.7 Å². The fraction of sp³-hybridized carbons (Fsp3) is 0.0755. The lowest BCUT2D eigenvalue weighted by Gasteiger charge is -2.31. The van der Waals surface area contributed by atoms with E-state index in [1.165, 1.54) is 66.4 Å². The van der Waals surface area contributed by atoms with E-state index in [9.17, 15) is 0 Å². The Kier molecular flexibility index (Phi) is 6.35. The normalized spacial score (nSPS) is 17.2. The molecule has 1 spiro atoms. The smallest absolute Gasteiger partial charge is 0.145 e. The van der Waals surface area contributed by atoms with Crippen molar-refractivity contribution in [3.8, 4) is 27.9 Å². The van der Waals surface area contributed by atoms with Crippen molar-refractivity contribution in [1.82, 2.24) is 24.1 Å². The van der Waals surface area contributed by atoms with Crippen LogP contribution in [0.5, 0.6) is 0 Å². The Bertz CT molecular complexity index is 3320. The van der Waals surface area contributed by atoms with Crippen LogP contribution in [0.1, 0.15) is 40.7 Å². The van der Waals surface area contributed by atoms with Crippen LogP contribution in [-0.2, 0) is 5.41 Å². The Hall–Kier alpha value is -7.37. The first-order valence-electron chi connectivity index (χ1n) is 20.1. The van der Waals surface area contributed by atoms with Gasteiger partial charge < -0.3 is 4.57 Å². The second-order valence-electron chi connectivity index (χ2n) is 16.0. The van der Waals surface area contributed by atoms with Crippen molar-refractivity contribution in [1.29, 1.82) is 0 Å². The summed E-state index contributed by atoms with van der Waals surface area (Å²) in [6, 6.07) is 53.2. The van der Waals surface area contributed by atoms with E-state index in [1.54, 1.807) is 0 Å². The van der Waals surface area contributed by atoms with Gasteiger partial charge in [0.25, 0.3) is 0 Å². The number of pyridine rings is 3. The van der Waals surface area contributed by atoms with E-state index in [4.69, 9.17) is 4.98 Å². The summed E-state index contributed by atoms with van der Waals surface area (Å²) in [5, 5.41) is 2.46. The topological polar surface area (TPSA) is 48.5 Å². The molecule has 272 valence electrons. The van der Waals surface area contributed by atoms with Crippen LogP contribution in [0.4, 0.5) is 0 Å². The molecule has 10 aromatic rings. The molecule has 5 aromatic carbocycles. The second kappa shape index (κ2) is 11.6. The molecule has 3 aliphatic carbocycles. The molecule has 0 bridgehead atoms. The van der Waals surface area contributed by atoms with Gasteiger partial charge in [-0.1, -0.05) is 122 Å². The highest BCUT2D eigenvalue weighted by atomic mass is 15.1. The molecule has 5 heterocycles. The third-order valence-electron chi connectivity index (χ3n) is 13.2. The Balaban J connectivity index is 0.957. The number of rotatable bonds is 3. The maximum Gasteiger partial charge on any atom is 0.145 e. The number of hydrogen-bond donors (Lipinski definition) is 0. The lowest BCUT2D eigenvalue weighted by molar-refractivity contribution is 0.634. The Morgan fingerprint density at radius 2 is 1.10 bits per heavy atom. The van der Waals surface area contributed by atoms with Gasteiger partial charge in [0.15, 0.2) is 0 Å². The SMILES string of the molecule is CC1C=C(n2c3ccccc3c3c4c(cnc32)-c2ccccc2C42c3ccccc3-c3ccccc32)C=CC1c1ccc(-n2c3cccnc3c3ncccc32)cc1. The summed E-state index contributed by atoms with van der Waals surface area (Å²) in [5.74, 6) is 0.483. The molecule has 0 saturated carbocycles. The number of benzene rings is 5. The minimum absolute atomic E-state index is 0.230. The van der Waals surface area contributed by atoms with Crippen LogP contribution in [-0.4, -0.2) is 24.1 Å². The fourth-order valence-corrected chi connectivity index (χ4v) is 10.9. The van der Waals surface area contributed by atoms with Crippen LogP contribution in [0.15, 0.2) is 182 Å². The standard InChI is InChI=1S/C53H35N5/c1-32-30-35(26-27-36(32)33-22-24-34(25-23-33)57-46-20-10-28-54-50(46)51-47(57)21-11-29-55-51)58-45-19-9-5-15-40(45)48-49-41(31-56-52(48)58)39-14-4-8-18-44(39)53(49)42-16-6-2-12-37(42)38-13-3-7-17-43(38)53/h2-32,36H,1H3. The van der Waals surface area contributed by atoms with E-state index in [-0.39, 0.29) is 11.8 Å².